The molecule has 0 fully saturated rings. The van der Waals surface area contributed by atoms with Crippen LogP contribution >= 0.6 is 23.4 Å². The number of anilines is 2. The largest absolute Gasteiger partial charge is 0.496 e. The van der Waals surface area contributed by atoms with Crippen LogP contribution in [0.15, 0.2) is 42.7 Å². The lowest BCUT2D eigenvalue weighted by Crippen LogP contribution is -1.99. The van der Waals surface area contributed by atoms with Crippen LogP contribution in [0.1, 0.15) is 5.56 Å². The number of pyridine rings is 1. The smallest absolute Gasteiger partial charge is 0.135 e. The Morgan fingerprint density at radius 2 is 2.00 bits per heavy atom. The van der Waals surface area contributed by atoms with Crippen molar-refractivity contribution in [3.8, 4) is 17.0 Å². The van der Waals surface area contributed by atoms with E-state index in [-0.39, 0.29) is 5.82 Å². The maximum atomic E-state index is 13.4. The number of benzene rings is 1. The van der Waals surface area contributed by atoms with Gasteiger partial charge >= 0.3 is 0 Å². The first-order chi connectivity index (χ1) is 12.6. The van der Waals surface area contributed by atoms with Crippen LogP contribution in [0, 0.1) is 5.82 Å². The second kappa shape index (κ2) is 8.33. The van der Waals surface area contributed by atoms with Gasteiger partial charge in [0.2, 0.25) is 0 Å². The van der Waals surface area contributed by atoms with Gasteiger partial charge in [-0.1, -0.05) is 11.6 Å². The first-order valence-corrected chi connectivity index (χ1v) is 9.44. The zero-order valence-electron chi connectivity index (χ0n) is 14.2. The molecule has 5 nitrogen and oxygen atoms in total. The Hall–Kier alpha value is -2.38. The summed E-state index contributed by atoms with van der Waals surface area (Å²) in [4.78, 5) is 12.7. The molecule has 0 saturated carbocycles. The SMILES string of the molecule is COc1cc(F)ccc1-c1cc(Nc2cc(CSC)cc(Cl)n2)ncn1. The van der Waals surface area contributed by atoms with E-state index in [1.807, 2.05) is 18.4 Å². The Kier molecular flexibility index (Phi) is 5.90. The molecule has 0 bridgehead atoms. The first kappa shape index (κ1) is 18.4. The van der Waals surface area contributed by atoms with Crippen molar-refractivity contribution in [2.75, 3.05) is 18.7 Å². The van der Waals surface area contributed by atoms with E-state index in [1.54, 1.807) is 23.9 Å². The minimum absolute atomic E-state index is 0.373. The van der Waals surface area contributed by atoms with Crippen LogP contribution in [-0.2, 0) is 5.75 Å². The van der Waals surface area contributed by atoms with E-state index >= 15 is 0 Å². The van der Waals surface area contributed by atoms with Crippen molar-refractivity contribution in [1.29, 1.82) is 0 Å². The number of hydrogen-bond acceptors (Lipinski definition) is 6. The van der Waals surface area contributed by atoms with Gasteiger partial charge in [-0.3, -0.25) is 0 Å². The number of halogens is 2. The van der Waals surface area contributed by atoms with E-state index < -0.39 is 0 Å². The number of hydrogen-bond donors (Lipinski definition) is 1. The van der Waals surface area contributed by atoms with Gasteiger partial charge in [-0.05, 0) is 36.1 Å². The minimum atomic E-state index is -0.373. The molecule has 1 aromatic carbocycles. The van der Waals surface area contributed by atoms with E-state index in [4.69, 9.17) is 16.3 Å². The maximum Gasteiger partial charge on any atom is 0.135 e. The Labute approximate surface area is 160 Å². The molecule has 134 valence electrons. The van der Waals surface area contributed by atoms with Gasteiger partial charge in [0.1, 0.15) is 34.7 Å². The zero-order valence-corrected chi connectivity index (χ0v) is 15.7. The lowest BCUT2D eigenvalue weighted by Gasteiger charge is -2.10. The second-order valence-corrected chi connectivity index (χ2v) is 6.63. The number of nitrogens with one attached hydrogen (secondary N) is 1. The number of thioether (sulfide) groups is 1. The molecule has 0 aliphatic carbocycles. The first-order valence-electron chi connectivity index (χ1n) is 7.67. The van der Waals surface area contributed by atoms with Gasteiger partial charge in [-0.2, -0.15) is 11.8 Å². The molecule has 0 unspecified atom stereocenters. The molecule has 8 heteroatoms. The Morgan fingerprint density at radius 3 is 2.77 bits per heavy atom. The van der Waals surface area contributed by atoms with Crippen LogP contribution in [0.5, 0.6) is 5.75 Å². The summed E-state index contributed by atoms with van der Waals surface area (Å²) in [6, 6.07) is 9.79. The van der Waals surface area contributed by atoms with Gasteiger partial charge in [0.05, 0.1) is 12.8 Å². The van der Waals surface area contributed by atoms with Crippen molar-refractivity contribution in [3.05, 3.63) is 59.3 Å². The van der Waals surface area contributed by atoms with Gasteiger partial charge < -0.3 is 10.1 Å². The molecule has 3 aromatic rings. The standard InChI is InChI=1S/C18H16ClFN4OS/c1-25-15-7-12(20)3-4-13(15)14-8-17(22-10-21-14)24-18-6-11(9-26-2)5-16(19)23-18/h3-8,10H,9H2,1-2H3,(H,21,22,23,24). The number of ether oxygens (including phenoxy) is 1. The van der Waals surface area contributed by atoms with Crippen LogP contribution in [0.4, 0.5) is 16.0 Å². The highest BCUT2D eigenvalue weighted by Gasteiger charge is 2.10. The maximum absolute atomic E-state index is 13.4. The lowest BCUT2D eigenvalue weighted by molar-refractivity contribution is 0.413. The molecule has 0 aliphatic heterocycles. The van der Waals surface area contributed by atoms with Crippen molar-refractivity contribution in [2.24, 2.45) is 0 Å². The van der Waals surface area contributed by atoms with Crippen LogP contribution in [0.25, 0.3) is 11.3 Å². The van der Waals surface area contributed by atoms with E-state index in [0.29, 0.717) is 33.8 Å². The van der Waals surface area contributed by atoms with Gasteiger partial charge in [-0.15, -0.1) is 0 Å². The summed E-state index contributed by atoms with van der Waals surface area (Å²) in [6.07, 6.45) is 3.45. The predicted molar refractivity (Wildman–Crippen MR) is 104 cm³/mol. The van der Waals surface area contributed by atoms with Crippen LogP contribution in [0.2, 0.25) is 5.15 Å². The topological polar surface area (TPSA) is 59.9 Å². The summed E-state index contributed by atoms with van der Waals surface area (Å²) in [5, 5.41) is 3.54. The van der Waals surface area contributed by atoms with Crippen LogP contribution in [0.3, 0.4) is 0 Å². The highest BCUT2D eigenvalue weighted by molar-refractivity contribution is 7.97. The van der Waals surface area contributed by atoms with Gasteiger partial charge in [0.25, 0.3) is 0 Å². The van der Waals surface area contributed by atoms with E-state index in [9.17, 15) is 4.39 Å². The van der Waals surface area contributed by atoms with Gasteiger partial charge in [0.15, 0.2) is 0 Å². The number of rotatable bonds is 6. The number of aromatic nitrogens is 3. The molecular formula is C18H16ClFN4OS. The number of nitrogens with zero attached hydrogens (tertiary/aromatic N) is 3. The van der Waals surface area contributed by atoms with Gasteiger partial charge in [0, 0.05) is 23.4 Å². The fourth-order valence-electron chi connectivity index (χ4n) is 2.44. The monoisotopic (exact) mass is 390 g/mol. The molecule has 26 heavy (non-hydrogen) atoms. The molecule has 3 rings (SSSR count). The molecule has 0 atom stereocenters. The summed E-state index contributed by atoms with van der Waals surface area (Å²) in [7, 11) is 1.49. The normalized spacial score (nSPS) is 10.6. The number of methoxy groups -OCH3 is 1. The van der Waals surface area contributed by atoms with Crippen molar-refractivity contribution in [1.82, 2.24) is 15.0 Å². The van der Waals surface area contributed by atoms with Crippen molar-refractivity contribution >= 4 is 35.0 Å². The highest BCUT2D eigenvalue weighted by Crippen LogP contribution is 2.30. The molecule has 2 heterocycles. The Bertz CT molecular complexity index is 925. The molecule has 0 radical (unpaired) electrons. The molecule has 2 aromatic heterocycles. The summed E-state index contributed by atoms with van der Waals surface area (Å²) in [5.74, 6) is 2.00. The summed E-state index contributed by atoms with van der Waals surface area (Å²) in [5.41, 5.74) is 2.33. The highest BCUT2D eigenvalue weighted by atomic mass is 35.5. The molecular weight excluding hydrogens is 375 g/mol. The Balaban J connectivity index is 1.91. The average molecular weight is 391 g/mol. The quantitative estimate of drug-likeness (QED) is 0.601. The fourth-order valence-corrected chi connectivity index (χ4v) is 3.18. The second-order valence-electron chi connectivity index (χ2n) is 5.37. The van der Waals surface area contributed by atoms with Crippen LogP contribution < -0.4 is 10.1 Å². The molecule has 1 N–H and O–H groups in total. The average Bonchev–Trinajstić information content (AvgIpc) is 2.61. The Morgan fingerprint density at radius 1 is 1.15 bits per heavy atom. The third-order valence-electron chi connectivity index (χ3n) is 3.53. The zero-order chi connectivity index (χ0) is 18.5. The molecule has 0 saturated heterocycles. The molecule has 0 spiro atoms. The van der Waals surface area contributed by atoms with Crippen molar-refractivity contribution in [3.63, 3.8) is 0 Å². The molecule has 0 aliphatic rings. The predicted octanol–water partition coefficient (Wildman–Crippen LogP) is 4.95. The summed E-state index contributed by atoms with van der Waals surface area (Å²) < 4.78 is 18.7. The van der Waals surface area contributed by atoms with E-state index in [0.717, 1.165) is 11.3 Å². The third kappa shape index (κ3) is 4.42. The van der Waals surface area contributed by atoms with E-state index in [2.05, 4.69) is 20.3 Å². The fraction of sp³-hybridized carbons (Fsp3) is 0.167. The van der Waals surface area contributed by atoms with Crippen molar-refractivity contribution < 1.29 is 9.13 Å². The minimum Gasteiger partial charge on any atom is -0.496 e. The third-order valence-corrected chi connectivity index (χ3v) is 4.34. The summed E-state index contributed by atoms with van der Waals surface area (Å²) in [6.45, 7) is 0. The lowest BCUT2D eigenvalue weighted by atomic mass is 10.1. The molecule has 0 amide bonds. The van der Waals surface area contributed by atoms with Crippen LogP contribution in [-0.4, -0.2) is 28.3 Å². The van der Waals surface area contributed by atoms with E-state index in [1.165, 1.54) is 25.6 Å². The van der Waals surface area contributed by atoms with Crippen molar-refractivity contribution in [2.45, 2.75) is 5.75 Å². The summed E-state index contributed by atoms with van der Waals surface area (Å²) >= 11 is 7.79. The van der Waals surface area contributed by atoms with Gasteiger partial charge in [-0.25, -0.2) is 19.3 Å².